The van der Waals surface area contributed by atoms with Gasteiger partial charge in [-0.2, -0.15) is 0 Å². The van der Waals surface area contributed by atoms with Gasteiger partial charge in [0.15, 0.2) is 0 Å². The maximum absolute atomic E-state index is 5.23. The van der Waals surface area contributed by atoms with Crippen molar-refractivity contribution in [2.24, 2.45) is 0 Å². The Bertz CT molecular complexity index is 3000. The molecule has 7 aromatic carbocycles. The second-order valence-electron chi connectivity index (χ2n) is 14.7. The van der Waals surface area contributed by atoms with Crippen LogP contribution in [0.4, 0.5) is 0 Å². The summed E-state index contributed by atoms with van der Waals surface area (Å²) in [5, 5.41) is 5.34. The number of hydrogen-bond acceptors (Lipinski definition) is 2. The van der Waals surface area contributed by atoms with Gasteiger partial charge in [0.2, 0.25) is 0 Å². The summed E-state index contributed by atoms with van der Waals surface area (Å²) in [6, 6.07) is 61.6. The van der Waals surface area contributed by atoms with Crippen LogP contribution in [0.5, 0.6) is 0 Å². The quantitative estimate of drug-likeness (QED) is 0.179. The molecule has 0 bridgehead atoms. The summed E-state index contributed by atoms with van der Waals surface area (Å²) in [5.41, 5.74) is 15.5. The highest BCUT2D eigenvalue weighted by Crippen LogP contribution is 2.58. The standard InChI is InChI=1S/C50H34N2S/c1-50(2)39-22-12-9-19-36(39)46-47(50)49-45(38-21-11-14-24-43(38)53-49)44-37-20-10-13-23-42(37)52(48(44)46)35-27-25-33(26-28-35)41-30-34(31-15-5-3-6-16-31)29-40(51-41)32-17-7-4-8-18-32/h3-30H,1-2H3. The Hall–Kier alpha value is -6.29. The van der Waals surface area contributed by atoms with Gasteiger partial charge < -0.3 is 4.57 Å². The summed E-state index contributed by atoms with van der Waals surface area (Å²) in [5.74, 6) is 0. The Labute approximate surface area is 312 Å². The minimum absolute atomic E-state index is 0.143. The van der Waals surface area contributed by atoms with Gasteiger partial charge >= 0.3 is 0 Å². The smallest absolute Gasteiger partial charge is 0.0715 e. The highest BCUT2D eigenvalue weighted by Gasteiger charge is 2.40. The predicted molar refractivity (Wildman–Crippen MR) is 225 cm³/mol. The minimum atomic E-state index is -0.143. The van der Waals surface area contributed by atoms with E-state index in [9.17, 15) is 0 Å². The van der Waals surface area contributed by atoms with Crippen LogP contribution in [-0.2, 0) is 5.41 Å². The molecule has 0 atom stereocenters. The van der Waals surface area contributed by atoms with E-state index in [2.05, 4.69) is 188 Å². The predicted octanol–water partition coefficient (Wildman–Crippen LogP) is 13.9. The van der Waals surface area contributed by atoms with Gasteiger partial charge in [-0.15, -0.1) is 11.3 Å². The molecule has 0 saturated carbocycles. The zero-order valence-corrected chi connectivity index (χ0v) is 30.3. The molecule has 2 nitrogen and oxygen atoms in total. The van der Waals surface area contributed by atoms with Crippen LogP contribution in [0.15, 0.2) is 170 Å². The fourth-order valence-corrected chi connectivity index (χ4v) is 10.4. The molecular formula is C50H34N2S. The number of para-hydroxylation sites is 1. The van der Waals surface area contributed by atoms with Crippen molar-refractivity contribution in [1.29, 1.82) is 0 Å². The number of aromatic nitrogens is 2. The third kappa shape index (κ3) is 4.41. The molecule has 1 aliphatic carbocycles. The topological polar surface area (TPSA) is 17.8 Å². The lowest BCUT2D eigenvalue weighted by atomic mass is 9.81. The molecule has 0 unspecified atom stereocenters. The Kier molecular flexibility index (Phi) is 6.50. The van der Waals surface area contributed by atoms with E-state index in [4.69, 9.17) is 4.98 Å². The molecule has 0 saturated heterocycles. The molecule has 0 radical (unpaired) electrons. The fourth-order valence-electron chi connectivity index (χ4n) is 8.95. The van der Waals surface area contributed by atoms with E-state index in [0.29, 0.717) is 0 Å². The van der Waals surface area contributed by atoms with Crippen molar-refractivity contribution < 1.29 is 0 Å². The van der Waals surface area contributed by atoms with Gasteiger partial charge in [-0.3, -0.25) is 0 Å². The second kappa shape index (κ2) is 11.4. The van der Waals surface area contributed by atoms with Crippen LogP contribution < -0.4 is 0 Å². The lowest BCUT2D eigenvalue weighted by Crippen LogP contribution is -2.15. The first kappa shape index (κ1) is 30.3. The van der Waals surface area contributed by atoms with Crippen LogP contribution in [0.3, 0.4) is 0 Å². The fraction of sp³-hybridized carbons (Fsp3) is 0.0600. The van der Waals surface area contributed by atoms with Gasteiger partial charge in [0.05, 0.1) is 22.4 Å². The Balaban J connectivity index is 1.19. The average molecular weight is 695 g/mol. The van der Waals surface area contributed by atoms with Crippen molar-refractivity contribution in [1.82, 2.24) is 9.55 Å². The Morgan fingerprint density at radius 1 is 0.528 bits per heavy atom. The summed E-state index contributed by atoms with van der Waals surface area (Å²) in [6.07, 6.45) is 0. The van der Waals surface area contributed by atoms with Crippen LogP contribution in [0.1, 0.15) is 25.0 Å². The van der Waals surface area contributed by atoms with Crippen LogP contribution >= 0.6 is 11.3 Å². The monoisotopic (exact) mass is 694 g/mol. The van der Waals surface area contributed by atoms with Crippen LogP contribution in [0, 0.1) is 0 Å². The van der Waals surface area contributed by atoms with E-state index in [1.807, 2.05) is 11.3 Å². The molecule has 0 spiro atoms. The number of nitrogens with zero attached hydrogens (tertiary/aromatic N) is 2. The number of pyridine rings is 1. The van der Waals surface area contributed by atoms with E-state index < -0.39 is 0 Å². The molecule has 0 fully saturated rings. The summed E-state index contributed by atoms with van der Waals surface area (Å²) < 4.78 is 5.28. The molecule has 3 aromatic heterocycles. The Morgan fingerprint density at radius 3 is 1.89 bits per heavy atom. The maximum Gasteiger partial charge on any atom is 0.0715 e. The van der Waals surface area contributed by atoms with Crippen molar-refractivity contribution in [2.45, 2.75) is 19.3 Å². The normalized spacial score (nSPS) is 13.2. The van der Waals surface area contributed by atoms with Gasteiger partial charge in [-0.05, 0) is 64.2 Å². The summed E-state index contributed by atoms with van der Waals surface area (Å²) in [6.45, 7) is 4.82. The second-order valence-corrected chi connectivity index (χ2v) is 15.8. The van der Waals surface area contributed by atoms with Gasteiger partial charge in [0.1, 0.15) is 0 Å². The molecule has 3 heteroatoms. The maximum atomic E-state index is 5.23. The van der Waals surface area contributed by atoms with Gasteiger partial charge in [0.25, 0.3) is 0 Å². The van der Waals surface area contributed by atoms with Crippen molar-refractivity contribution in [2.75, 3.05) is 0 Å². The lowest BCUT2D eigenvalue weighted by molar-refractivity contribution is 0.667. The molecule has 0 amide bonds. The van der Waals surface area contributed by atoms with E-state index in [1.165, 1.54) is 69.8 Å². The summed E-state index contributed by atoms with van der Waals surface area (Å²) in [7, 11) is 0. The van der Waals surface area contributed by atoms with Crippen molar-refractivity contribution in [3.63, 3.8) is 0 Å². The van der Waals surface area contributed by atoms with Crippen LogP contribution in [0.25, 0.3) is 92.4 Å². The molecule has 0 N–H and O–H groups in total. The lowest BCUT2D eigenvalue weighted by Gasteiger charge is -2.22. The first-order chi connectivity index (χ1) is 26.1. The number of thiophene rings is 1. The molecule has 10 aromatic rings. The Morgan fingerprint density at radius 2 is 1.13 bits per heavy atom. The first-order valence-corrected chi connectivity index (χ1v) is 19.1. The number of benzene rings is 7. The molecule has 250 valence electrons. The van der Waals surface area contributed by atoms with E-state index >= 15 is 0 Å². The largest absolute Gasteiger partial charge is 0.309 e. The minimum Gasteiger partial charge on any atom is -0.309 e. The van der Waals surface area contributed by atoms with Crippen molar-refractivity contribution in [3.05, 3.63) is 181 Å². The van der Waals surface area contributed by atoms with Crippen molar-refractivity contribution in [3.8, 4) is 50.5 Å². The zero-order valence-electron chi connectivity index (χ0n) is 29.5. The van der Waals surface area contributed by atoms with Crippen LogP contribution in [0.2, 0.25) is 0 Å². The van der Waals surface area contributed by atoms with Gasteiger partial charge in [-0.25, -0.2) is 4.98 Å². The van der Waals surface area contributed by atoms with Crippen LogP contribution in [-0.4, -0.2) is 9.55 Å². The number of rotatable bonds is 4. The third-order valence-corrected chi connectivity index (χ3v) is 12.5. The summed E-state index contributed by atoms with van der Waals surface area (Å²) >= 11 is 1.95. The van der Waals surface area contributed by atoms with E-state index in [-0.39, 0.29) is 5.41 Å². The summed E-state index contributed by atoms with van der Waals surface area (Å²) in [4.78, 5) is 5.23. The SMILES string of the molecule is CC1(C)c2ccccc2-c2c1c1sc3ccccc3c1c1c3ccccc3n(-c3ccc(-c4cc(-c5ccccc5)cc(-c5ccccc5)n4)cc3)c21. The highest BCUT2D eigenvalue weighted by atomic mass is 32.1. The molecule has 11 rings (SSSR count). The molecule has 3 heterocycles. The molecular weight excluding hydrogens is 661 g/mol. The number of fused-ring (bicyclic) bond motifs is 12. The number of hydrogen-bond donors (Lipinski definition) is 0. The average Bonchev–Trinajstić information content (AvgIpc) is 3.84. The van der Waals surface area contributed by atoms with Gasteiger partial charge in [-0.1, -0.05) is 147 Å². The third-order valence-electron chi connectivity index (χ3n) is 11.4. The highest BCUT2D eigenvalue weighted by molar-refractivity contribution is 7.26. The van der Waals surface area contributed by atoms with E-state index in [0.717, 1.165) is 33.8 Å². The van der Waals surface area contributed by atoms with Gasteiger partial charge in [0, 0.05) is 58.7 Å². The first-order valence-electron chi connectivity index (χ1n) is 18.3. The van der Waals surface area contributed by atoms with E-state index in [1.54, 1.807) is 0 Å². The molecule has 1 aliphatic rings. The molecule has 0 aliphatic heterocycles. The molecule has 53 heavy (non-hydrogen) atoms. The van der Waals surface area contributed by atoms with Crippen molar-refractivity contribution >= 4 is 53.3 Å². The zero-order chi connectivity index (χ0) is 35.3.